The molecule has 14 nitrogen and oxygen atoms in total. The van der Waals surface area contributed by atoms with Gasteiger partial charge in [0.2, 0.25) is 5.88 Å². The SMILES string of the molecule is CN1C[C@H](C#N)C[C@H]1COc1nc(N2CCN(C(=O)OC(C)(C)C)CC2)c2ccnc(Oc3c(Cl)c(F)cc4c3cnn4C3CCCCO3)c2n1. The summed E-state index contributed by atoms with van der Waals surface area (Å²) in [4.78, 5) is 32.7. The highest BCUT2D eigenvalue weighted by Gasteiger charge is 2.32. The number of likely N-dealkylation sites (tertiary alicyclic amines) is 1. The van der Waals surface area contributed by atoms with E-state index in [1.165, 1.54) is 6.07 Å². The molecule has 3 atom stereocenters. The number of hydrogen-bond acceptors (Lipinski definition) is 12. The number of carbonyl (C=O) groups is 1. The maximum Gasteiger partial charge on any atom is 0.410 e. The smallest absolute Gasteiger partial charge is 0.410 e. The van der Waals surface area contributed by atoms with Crippen molar-refractivity contribution in [1.82, 2.24) is 34.5 Å². The van der Waals surface area contributed by atoms with Crippen LogP contribution in [0.5, 0.6) is 17.6 Å². The van der Waals surface area contributed by atoms with E-state index in [1.54, 1.807) is 28.0 Å². The van der Waals surface area contributed by atoms with Crippen molar-refractivity contribution in [3.8, 4) is 23.7 Å². The number of halogens is 2. The molecule has 0 aliphatic carbocycles. The van der Waals surface area contributed by atoms with Crippen LogP contribution in [-0.2, 0) is 9.47 Å². The van der Waals surface area contributed by atoms with Gasteiger partial charge in [0.05, 0.1) is 34.5 Å². The molecule has 0 spiro atoms. The second-order valence-electron chi connectivity index (χ2n) is 14.2. The van der Waals surface area contributed by atoms with Crippen LogP contribution in [0.15, 0.2) is 24.5 Å². The number of piperazine rings is 1. The van der Waals surface area contributed by atoms with Crippen LogP contribution in [0.4, 0.5) is 15.0 Å². The highest BCUT2D eigenvalue weighted by Crippen LogP contribution is 2.42. The molecule has 1 unspecified atom stereocenters. The van der Waals surface area contributed by atoms with Crippen LogP contribution in [0.25, 0.3) is 21.8 Å². The summed E-state index contributed by atoms with van der Waals surface area (Å²) < 4.78 is 41.2. The molecule has 0 bridgehead atoms. The Hall–Kier alpha value is -4.52. The number of nitrogens with zero attached hydrogens (tertiary/aromatic N) is 9. The monoisotopic (exact) mass is 721 g/mol. The number of anilines is 1. The minimum atomic E-state index is -0.671. The van der Waals surface area contributed by atoms with E-state index in [9.17, 15) is 10.1 Å². The van der Waals surface area contributed by atoms with Gasteiger partial charge >= 0.3 is 12.1 Å². The van der Waals surface area contributed by atoms with E-state index in [2.05, 4.69) is 26.0 Å². The molecule has 51 heavy (non-hydrogen) atoms. The second kappa shape index (κ2) is 14.2. The predicted octanol–water partition coefficient (Wildman–Crippen LogP) is 5.94. The first-order chi connectivity index (χ1) is 24.5. The van der Waals surface area contributed by atoms with Crippen molar-refractivity contribution in [2.45, 2.75) is 64.3 Å². The van der Waals surface area contributed by atoms with Crippen LogP contribution in [0.2, 0.25) is 5.02 Å². The summed E-state index contributed by atoms with van der Waals surface area (Å²) >= 11 is 6.56. The fraction of sp³-hybridized carbons (Fsp3) is 0.543. The minimum absolute atomic E-state index is 0.00320. The van der Waals surface area contributed by atoms with Crippen molar-refractivity contribution >= 4 is 45.3 Å². The number of ether oxygens (including phenoxy) is 4. The summed E-state index contributed by atoms with van der Waals surface area (Å²) in [6.45, 7) is 8.81. The van der Waals surface area contributed by atoms with Crippen LogP contribution in [0.3, 0.4) is 0 Å². The molecule has 1 amide bonds. The van der Waals surface area contributed by atoms with Crippen molar-refractivity contribution in [3.05, 3.63) is 35.4 Å². The van der Waals surface area contributed by atoms with E-state index in [0.29, 0.717) is 73.4 Å². The van der Waals surface area contributed by atoms with E-state index >= 15 is 4.39 Å². The highest BCUT2D eigenvalue weighted by molar-refractivity contribution is 6.33. The molecular formula is C35H41ClFN9O5. The fourth-order valence-corrected chi connectivity index (χ4v) is 6.98. The van der Waals surface area contributed by atoms with Gasteiger partial charge in [-0.25, -0.2) is 18.9 Å². The molecule has 270 valence electrons. The number of aromatic nitrogens is 5. The van der Waals surface area contributed by atoms with Crippen LogP contribution in [0.1, 0.15) is 52.7 Å². The molecule has 0 radical (unpaired) electrons. The first kappa shape index (κ1) is 34.9. The van der Waals surface area contributed by atoms with Gasteiger partial charge < -0.3 is 28.7 Å². The Morgan fingerprint density at radius 2 is 1.98 bits per heavy atom. The van der Waals surface area contributed by atoms with E-state index in [1.807, 2.05) is 27.8 Å². The lowest BCUT2D eigenvalue weighted by Gasteiger charge is -2.36. The number of pyridine rings is 1. The Bertz CT molecular complexity index is 1970. The molecule has 3 aliphatic heterocycles. The van der Waals surface area contributed by atoms with Gasteiger partial charge in [-0.3, -0.25) is 4.90 Å². The molecule has 6 heterocycles. The number of benzene rings is 1. The molecule has 0 N–H and O–H groups in total. The number of hydrogen-bond donors (Lipinski definition) is 0. The van der Waals surface area contributed by atoms with Crippen LogP contribution in [-0.4, -0.2) is 105 Å². The summed E-state index contributed by atoms with van der Waals surface area (Å²) in [6, 6.07) is 5.57. The maximum absolute atomic E-state index is 15.4. The Morgan fingerprint density at radius 3 is 2.69 bits per heavy atom. The molecule has 3 aromatic heterocycles. The van der Waals surface area contributed by atoms with Gasteiger partial charge in [-0.15, -0.1) is 0 Å². The lowest BCUT2D eigenvalue weighted by Crippen LogP contribution is -2.50. The van der Waals surface area contributed by atoms with Crippen molar-refractivity contribution in [2.75, 3.05) is 57.9 Å². The minimum Gasteiger partial charge on any atom is -0.462 e. The van der Waals surface area contributed by atoms with E-state index in [4.69, 9.17) is 40.5 Å². The Labute approximate surface area is 300 Å². The van der Waals surface area contributed by atoms with Gasteiger partial charge in [0, 0.05) is 57.6 Å². The third kappa shape index (κ3) is 7.31. The zero-order valence-electron chi connectivity index (χ0n) is 29.1. The average molecular weight is 722 g/mol. The highest BCUT2D eigenvalue weighted by atomic mass is 35.5. The summed E-state index contributed by atoms with van der Waals surface area (Å²) in [5.74, 6) is -0.0538. The lowest BCUT2D eigenvalue weighted by atomic mass is 10.1. The topological polar surface area (TPSA) is 144 Å². The Balaban J connectivity index is 1.24. The summed E-state index contributed by atoms with van der Waals surface area (Å²) in [7, 11) is 1.96. The van der Waals surface area contributed by atoms with Crippen molar-refractivity contribution in [1.29, 1.82) is 5.26 Å². The quantitative estimate of drug-likeness (QED) is 0.223. The molecule has 7 rings (SSSR count). The normalized spacial score (nSPS) is 21.6. The van der Waals surface area contributed by atoms with Gasteiger partial charge in [0.25, 0.3) is 0 Å². The molecule has 0 saturated carbocycles. The Kier molecular flexibility index (Phi) is 9.75. The second-order valence-corrected chi connectivity index (χ2v) is 14.6. The molecule has 3 fully saturated rings. The summed E-state index contributed by atoms with van der Waals surface area (Å²) in [6.07, 6.45) is 5.83. The van der Waals surface area contributed by atoms with E-state index in [-0.39, 0.29) is 53.6 Å². The number of likely N-dealkylation sites (N-methyl/N-ethyl adjacent to an activating group) is 1. The van der Waals surface area contributed by atoms with Crippen molar-refractivity contribution in [3.63, 3.8) is 0 Å². The number of carbonyl (C=O) groups excluding carboxylic acids is 1. The number of rotatable bonds is 7. The van der Waals surface area contributed by atoms with Crippen LogP contribution >= 0.6 is 11.6 Å². The van der Waals surface area contributed by atoms with E-state index in [0.717, 1.165) is 19.3 Å². The molecule has 3 saturated heterocycles. The molecule has 4 aromatic rings. The van der Waals surface area contributed by atoms with Gasteiger partial charge in [-0.05, 0) is 59.6 Å². The number of fused-ring (bicyclic) bond motifs is 2. The summed E-state index contributed by atoms with van der Waals surface area (Å²) in [5, 5.41) is 14.9. The molecule has 16 heteroatoms. The van der Waals surface area contributed by atoms with Crippen molar-refractivity contribution < 1.29 is 28.1 Å². The standard InChI is InChI=1S/C35H41ClFN9O5/c1-35(2,3)51-34(47)45-12-10-44(11-13-45)31-23-8-9-39-32(29(23)41-33(42-31)49-20-22-15-21(17-38)19-43(22)4)50-30-24-18-40-46(27-7-5-6-14-48-27)26(24)16-25(37)28(30)36/h8-9,16,18,21-22,27H,5-7,10-15,19-20H2,1-4H3/t21-,22-,27?/m0/s1. The zero-order chi connectivity index (χ0) is 35.9. The predicted molar refractivity (Wildman–Crippen MR) is 187 cm³/mol. The number of amides is 1. The zero-order valence-corrected chi connectivity index (χ0v) is 29.9. The van der Waals surface area contributed by atoms with Gasteiger partial charge in [-0.2, -0.15) is 20.3 Å². The Morgan fingerprint density at radius 1 is 1.18 bits per heavy atom. The van der Waals surface area contributed by atoms with Gasteiger partial charge in [-0.1, -0.05) is 11.6 Å². The van der Waals surface area contributed by atoms with Gasteiger partial charge in [0.15, 0.2) is 12.0 Å². The molecule has 3 aliphatic rings. The average Bonchev–Trinajstić information content (AvgIpc) is 3.71. The molecular weight excluding hydrogens is 681 g/mol. The third-order valence-corrected chi connectivity index (χ3v) is 9.78. The first-order valence-corrected chi connectivity index (χ1v) is 17.6. The first-order valence-electron chi connectivity index (χ1n) is 17.3. The lowest BCUT2D eigenvalue weighted by molar-refractivity contribution is -0.0367. The van der Waals surface area contributed by atoms with Crippen LogP contribution in [0, 0.1) is 23.1 Å². The van der Waals surface area contributed by atoms with Crippen molar-refractivity contribution in [2.24, 2.45) is 5.92 Å². The number of nitriles is 1. The molecule has 1 aromatic carbocycles. The van der Waals surface area contributed by atoms with E-state index < -0.39 is 11.4 Å². The third-order valence-electron chi connectivity index (χ3n) is 9.43. The van der Waals surface area contributed by atoms with Crippen LogP contribution < -0.4 is 14.4 Å². The fourth-order valence-electron chi connectivity index (χ4n) is 6.78. The largest absolute Gasteiger partial charge is 0.462 e. The summed E-state index contributed by atoms with van der Waals surface area (Å²) in [5.41, 5.74) is 0.210. The maximum atomic E-state index is 15.4. The van der Waals surface area contributed by atoms with Gasteiger partial charge in [0.1, 0.15) is 34.4 Å².